The van der Waals surface area contributed by atoms with Gasteiger partial charge in [-0.2, -0.15) is 0 Å². The van der Waals surface area contributed by atoms with Gasteiger partial charge in [0.2, 0.25) is 11.8 Å². The second-order valence-electron chi connectivity index (χ2n) is 9.61. The van der Waals surface area contributed by atoms with Crippen molar-refractivity contribution in [1.82, 2.24) is 10.2 Å². The molecule has 4 fully saturated rings. The van der Waals surface area contributed by atoms with Crippen molar-refractivity contribution in [2.45, 2.75) is 51.4 Å². The van der Waals surface area contributed by atoms with Crippen molar-refractivity contribution in [2.24, 2.45) is 28.9 Å². The molecule has 5 rings (SSSR count). The van der Waals surface area contributed by atoms with E-state index in [1.165, 1.54) is 24.8 Å². The van der Waals surface area contributed by atoms with Crippen molar-refractivity contribution < 1.29 is 9.59 Å². The number of benzene rings is 1. The zero-order valence-electron chi connectivity index (χ0n) is 17.4. The third-order valence-electron chi connectivity index (χ3n) is 7.41. The lowest BCUT2D eigenvalue weighted by Crippen LogP contribution is -2.53. The summed E-state index contributed by atoms with van der Waals surface area (Å²) in [5.41, 5.74) is 6.80. The lowest BCUT2D eigenvalue weighted by Gasteiger charge is -2.55. The van der Waals surface area contributed by atoms with Crippen LogP contribution < -0.4 is 11.1 Å². The Morgan fingerprint density at radius 2 is 1.62 bits per heavy atom. The van der Waals surface area contributed by atoms with Gasteiger partial charge >= 0.3 is 0 Å². The Balaban J connectivity index is 1.25. The summed E-state index contributed by atoms with van der Waals surface area (Å²) in [4.78, 5) is 27.6. The van der Waals surface area contributed by atoms with Gasteiger partial charge < -0.3 is 16.0 Å². The Morgan fingerprint density at radius 1 is 1.00 bits per heavy atom. The van der Waals surface area contributed by atoms with Crippen LogP contribution in [0.4, 0.5) is 0 Å². The highest BCUT2D eigenvalue weighted by Gasteiger charge is 2.54. The van der Waals surface area contributed by atoms with Crippen LogP contribution in [0.25, 0.3) is 0 Å². The molecule has 29 heavy (non-hydrogen) atoms. The molecular formula is C24H35N3O2. The molecule has 5 nitrogen and oxygen atoms in total. The van der Waals surface area contributed by atoms with Gasteiger partial charge in [0.05, 0.1) is 0 Å². The van der Waals surface area contributed by atoms with Gasteiger partial charge in [-0.25, -0.2) is 0 Å². The van der Waals surface area contributed by atoms with E-state index < -0.39 is 0 Å². The average Bonchev–Trinajstić information content (AvgIpc) is 2.70. The molecule has 0 aliphatic heterocycles. The maximum absolute atomic E-state index is 13.0. The third-order valence-corrected chi connectivity index (χ3v) is 7.41. The van der Waals surface area contributed by atoms with Gasteiger partial charge in [-0.15, -0.1) is 0 Å². The fourth-order valence-electron chi connectivity index (χ4n) is 6.44. The first-order chi connectivity index (χ1) is 14.1. The number of amides is 2. The van der Waals surface area contributed by atoms with Crippen LogP contribution in [0.3, 0.4) is 0 Å². The number of hydrogen-bond donors (Lipinski definition) is 2. The number of nitrogens with two attached hydrogens (primary N) is 1. The van der Waals surface area contributed by atoms with E-state index >= 15 is 0 Å². The number of carbonyl (C=O) groups excluding carboxylic acids is 2. The molecule has 4 aliphatic carbocycles. The van der Waals surface area contributed by atoms with Crippen molar-refractivity contribution in [2.75, 3.05) is 26.2 Å². The van der Waals surface area contributed by atoms with Gasteiger partial charge in [-0.3, -0.25) is 9.59 Å². The SMILES string of the molecule is NCCN(CCc1ccccc1)C(=O)CCNC(=O)C12CC3CC(CC(C3)C1)C2. The normalized spacial score (nSPS) is 29.6. The fourth-order valence-corrected chi connectivity index (χ4v) is 6.44. The van der Waals surface area contributed by atoms with Crippen LogP contribution in [0.15, 0.2) is 30.3 Å². The minimum absolute atomic E-state index is 0.0807. The van der Waals surface area contributed by atoms with Crippen molar-refractivity contribution in [3.63, 3.8) is 0 Å². The molecule has 158 valence electrons. The smallest absolute Gasteiger partial charge is 0.226 e. The molecule has 0 atom stereocenters. The lowest BCUT2D eigenvalue weighted by atomic mass is 9.49. The second kappa shape index (κ2) is 8.86. The highest BCUT2D eigenvalue weighted by atomic mass is 16.2. The van der Waals surface area contributed by atoms with Gasteiger partial charge in [-0.05, 0) is 68.3 Å². The fraction of sp³-hybridized carbons (Fsp3) is 0.667. The van der Waals surface area contributed by atoms with Crippen LogP contribution in [0.1, 0.15) is 50.5 Å². The second-order valence-corrected chi connectivity index (χ2v) is 9.61. The average molecular weight is 398 g/mol. The van der Waals surface area contributed by atoms with E-state index in [0.29, 0.717) is 32.6 Å². The summed E-state index contributed by atoms with van der Waals surface area (Å²) in [6.45, 7) is 2.13. The molecule has 0 aromatic heterocycles. The van der Waals surface area contributed by atoms with Crippen molar-refractivity contribution in [1.29, 1.82) is 0 Å². The monoisotopic (exact) mass is 397 g/mol. The molecule has 0 spiro atoms. The molecule has 2 amide bonds. The molecule has 0 unspecified atom stereocenters. The van der Waals surface area contributed by atoms with Crippen molar-refractivity contribution >= 4 is 11.8 Å². The van der Waals surface area contributed by atoms with Crippen molar-refractivity contribution in [3.05, 3.63) is 35.9 Å². The van der Waals surface area contributed by atoms with E-state index in [9.17, 15) is 9.59 Å². The Kier molecular flexibility index (Phi) is 6.23. The van der Waals surface area contributed by atoms with E-state index in [4.69, 9.17) is 5.73 Å². The first kappa shape index (κ1) is 20.4. The van der Waals surface area contributed by atoms with E-state index in [-0.39, 0.29) is 17.2 Å². The molecule has 4 bridgehead atoms. The molecule has 0 heterocycles. The Hall–Kier alpha value is -1.88. The van der Waals surface area contributed by atoms with E-state index in [1.807, 2.05) is 23.1 Å². The molecule has 4 aliphatic rings. The molecule has 0 radical (unpaired) electrons. The van der Waals surface area contributed by atoms with Crippen LogP contribution in [0.2, 0.25) is 0 Å². The van der Waals surface area contributed by atoms with Gasteiger partial charge in [-0.1, -0.05) is 30.3 Å². The maximum Gasteiger partial charge on any atom is 0.226 e. The highest BCUT2D eigenvalue weighted by Crippen LogP contribution is 2.60. The molecule has 0 saturated heterocycles. The molecule has 1 aromatic carbocycles. The summed E-state index contributed by atoms with van der Waals surface area (Å²) in [7, 11) is 0. The summed E-state index contributed by atoms with van der Waals surface area (Å²) in [6, 6.07) is 10.2. The topological polar surface area (TPSA) is 75.4 Å². The Morgan fingerprint density at radius 3 is 2.21 bits per heavy atom. The number of nitrogens with zero attached hydrogens (tertiary/aromatic N) is 1. The van der Waals surface area contributed by atoms with Crippen LogP contribution in [-0.4, -0.2) is 42.9 Å². The zero-order valence-corrected chi connectivity index (χ0v) is 17.4. The molecule has 1 aromatic rings. The van der Waals surface area contributed by atoms with Crippen molar-refractivity contribution in [3.8, 4) is 0 Å². The van der Waals surface area contributed by atoms with Crippen LogP contribution in [-0.2, 0) is 16.0 Å². The summed E-state index contributed by atoms with van der Waals surface area (Å²) in [5.74, 6) is 2.56. The van der Waals surface area contributed by atoms with Crippen LogP contribution in [0.5, 0.6) is 0 Å². The summed E-state index contributed by atoms with van der Waals surface area (Å²) in [5, 5.41) is 3.12. The minimum Gasteiger partial charge on any atom is -0.355 e. The number of nitrogens with one attached hydrogen (secondary N) is 1. The third kappa shape index (κ3) is 4.66. The molecule has 5 heteroatoms. The van der Waals surface area contributed by atoms with Gasteiger partial charge in [0.1, 0.15) is 0 Å². The van der Waals surface area contributed by atoms with Crippen LogP contribution in [0, 0.1) is 23.2 Å². The zero-order chi connectivity index (χ0) is 20.3. The molecule has 4 saturated carbocycles. The first-order valence-corrected chi connectivity index (χ1v) is 11.4. The maximum atomic E-state index is 13.0. The quantitative estimate of drug-likeness (QED) is 0.673. The lowest BCUT2D eigenvalue weighted by molar-refractivity contribution is -0.146. The Bertz CT molecular complexity index is 683. The van der Waals surface area contributed by atoms with Gasteiger partial charge in [0, 0.05) is 38.0 Å². The minimum atomic E-state index is -0.137. The number of carbonyl (C=O) groups is 2. The highest BCUT2D eigenvalue weighted by molar-refractivity contribution is 5.84. The summed E-state index contributed by atoms with van der Waals surface area (Å²) >= 11 is 0. The molecule has 3 N–H and O–H groups in total. The number of hydrogen-bond acceptors (Lipinski definition) is 3. The summed E-state index contributed by atoms with van der Waals surface area (Å²) < 4.78 is 0. The van der Waals surface area contributed by atoms with E-state index in [1.54, 1.807) is 0 Å². The number of rotatable bonds is 9. The van der Waals surface area contributed by atoms with E-state index in [2.05, 4.69) is 17.4 Å². The first-order valence-electron chi connectivity index (χ1n) is 11.4. The van der Waals surface area contributed by atoms with Crippen LogP contribution >= 0.6 is 0 Å². The predicted octanol–water partition coefficient (Wildman–Crippen LogP) is 2.74. The predicted molar refractivity (Wildman–Crippen MR) is 114 cm³/mol. The molecular weight excluding hydrogens is 362 g/mol. The standard InChI is InChI=1S/C24H35N3O2/c25-8-11-27(10-7-18-4-2-1-3-5-18)22(28)6-9-26-23(29)24-15-19-12-20(16-24)14-21(13-19)17-24/h1-5,19-21H,6-17,25H2,(H,26,29). The summed E-state index contributed by atoms with van der Waals surface area (Å²) in [6.07, 6.45) is 8.38. The largest absolute Gasteiger partial charge is 0.355 e. The van der Waals surface area contributed by atoms with Gasteiger partial charge in [0.15, 0.2) is 0 Å². The van der Waals surface area contributed by atoms with Gasteiger partial charge in [0.25, 0.3) is 0 Å². The van der Waals surface area contributed by atoms with E-state index in [0.717, 1.165) is 43.4 Å². The Labute approximate surface area is 174 Å².